The van der Waals surface area contributed by atoms with Gasteiger partial charge in [0.2, 0.25) is 5.96 Å². The van der Waals surface area contributed by atoms with E-state index < -0.39 is 16.0 Å². The van der Waals surface area contributed by atoms with Crippen LogP contribution in [-0.4, -0.2) is 25.2 Å². The molecule has 0 aliphatic heterocycles. The van der Waals surface area contributed by atoms with Crippen molar-refractivity contribution in [3.63, 3.8) is 0 Å². The summed E-state index contributed by atoms with van der Waals surface area (Å²) in [6.45, 7) is 2.45. The van der Waals surface area contributed by atoms with E-state index in [9.17, 15) is 8.42 Å². The molecule has 7 heteroatoms. The molecular formula is C19H34N4O2S. The van der Waals surface area contributed by atoms with Crippen molar-refractivity contribution in [2.45, 2.75) is 76.0 Å². The lowest BCUT2D eigenvalue weighted by atomic mass is 10.1. The molecule has 0 heterocycles. The van der Waals surface area contributed by atoms with E-state index in [-0.39, 0.29) is 11.4 Å². The maximum atomic E-state index is 12.6. The number of unbranched alkanes of at least 4 members (excludes halogenated alkanes) is 9. The quantitative estimate of drug-likeness (QED) is 0.206. The lowest BCUT2D eigenvalue weighted by Gasteiger charge is -2.22. The summed E-state index contributed by atoms with van der Waals surface area (Å²) in [5, 5.41) is 7.63. The highest BCUT2D eigenvalue weighted by molar-refractivity contribution is 7.89. The molecule has 0 aliphatic rings. The number of nitrogens with one attached hydrogen (secondary N) is 1. The van der Waals surface area contributed by atoms with Gasteiger partial charge in [-0.3, -0.25) is 5.41 Å². The van der Waals surface area contributed by atoms with E-state index in [1.165, 1.54) is 69.2 Å². The minimum Gasteiger partial charge on any atom is -0.399 e. The predicted octanol–water partition coefficient (Wildman–Crippen LogP) is 4.07. The van der Waals surface area contributed by atoms with Gasteiger partial charge in [-0.15, -0.1) is 0 Å². The molecule has 0 radical (unpaired) electrons. The van der Waals surface area contributed by atoms with Crippen LogP contribution in [0.2, 0.25) is 0 Å². The first-order valence-electron chi connectivity index (χ1n) is 9.62. The Morgan fingerprint density at radius 3 is 1.85 bits per heavy atom. The van der Waals surface area contributed by atoms with Gasteiger partial charge in [0.25, 0.3) is 10.0 Å². The Labute approximate surface area is 158 Å². The van der Waals surface area contributed by atoms with E-state index in [2.05, 4.69) is 6.92 Å². The van der Waals surface area contributed by atoms with Crippen LogP contribution >= 0.6 is 0 Å². The van der Waals surface area contributed by atoms with Gasteiger partial charge in [0.05, 0.1) is 4.90 Å². The fourth-order valence-corrected chi connectivity index (χ4v) is 4.24. The first-order valence-corrected chi connectivity index (χ1v) is 11.1. The largest absolute Gasteiger partial charge is 0.399 e. The van der Waals surface area contributed by atoms with E-state index in [0.29, 0.717) is 12.1 Å². The van der Waals surface area contributed by atoms with Gasteiger partial charge >= 0.3 is 0 Å². The number of sulfonamides is 1. The fourth-order valence-electron chi connectivity index (χ4n) is 2.88. The smallest absolute Gasteiger partial charge is 0.266 e. The summed E-state index contributed by atoms with van der Waals surface area (Å²) in [4.78, 5) is 0.106. The number of guanidine groups is 1. The van der Waals surface area contributed by atoms with E-state index >= 15 is 0 Å². The Morgan fingerprint density at radius 2 is 1.38 bits per heavy atom. The van der Waals surface area contributed by atoms with Crippen LogP contribution in [0.5, 0.6) is 0 Å². The summed E-state index contributed by atoms with van der Waals surface area (Å²) in [6.07, 6.45) is 11.7. The van der Waals surface area contributed by atoms with Crippen molar-refractivity contribution in [1.29, 1.82) is 5.41 Å². The van der Waals surface area contributed by atoms with Crippen LogP contribution in [-0.2, 0) is 10.0 Å². The van der Waals surface area contributed by atoms with Gasteiger partial charge in [-0.1, -0.05) is 64.7 Å². The SMILES string of the molecule is CCCCCCCCCCCCN(C(=N)N)S(=O)(=O)c1ccc(N)cc1. The molecule has 0 saturated heterocycles. The molecule has 0 amide bonds. The van der Waals surface area contributed by atoms with Gasteiger partial charge < -0.3 is 11.5 Å². The van der Waals surface area contributed by atoms with Crippen LogP contribution in [0.25, 0.3) is 0 Å². The molecule has 1 rings (SSSR count). The highest BCUT2D eigenvalue weighted by atomic mass is 32.2. The third-order valence-electron chi connectivity index (χ3n) is 4.45. The summed E-state index contributed by atoms with van der Waals surface area (Å²) >= 11 is 0. The molecule has 0 unspecified atom stereocenters. The average molecular weight is 383 g/mol. The normalized spacial score (nSPS) is 11.4. The van der Waals surface area contributed by atoms with Gasteiger partial charge in [-0.25, -0.2) is 12.7 Å². The molecule has 6 nitrogen and oxygen atoms in total. The minimum atomic E-state index is -3.80. The Kier molecular flexibility index (Phi) is 10.1. The molecule has 0 fully saturated rings. The van der Waals surface area contributed by atoms with Crippen LogP contribution in [0.1, 0.15) is 71.1 Å². The average Bonchev–Trinajstić information content (AvgIpc) is 2.59. The van der Waals surface area contributed by atoms with Crippen molar-refractivity contribution in [1.82, 2.24) is 4.31 Å². The van der Waals surface area contributed by atoms with Crippen LogP contribution < -0.4 is 11.5 Å². The molecule has 1 aromatic rings. The standard InChI is InChI=1S/C19H34N4O2S/c1-2-3-4-5-6-7-8-9-10-11-16-23(19(21)22)26(24,25)18-14-12-17(20)13-15-18/h12-15H,2-11,16,20H2,1H3,(H3,21,22). The molecular weight excluding hydrogens is 348 g/mol. The summed E-state index contributed by atoms with van der Waals surface area (Å²) in [5.41, 5.74) is 11.6. The Morgan fingerprint density at radius 1 is 0.923 bits per heavy atom. The monoisotopic (exact) mass is 382 g/mol. The number of rotatable bonds is 13. The van der Waals surface area contributed by atoms with E-state index in [0.717, 1.165) is 17.1 Å². The Bertz CT molecular complexity index is 629. The van der Waals surface area contributed by atoms with Crippen molar-refractivity contribution in [2.24, 2.45) is 5.73 Å². The molecule has 26 heavy (non-hydrogen) atoms. The van der Waals surface area contributed by atoms with Crippen molar-refractivity contribution < 1.29 is 8.42 Å². The molecule has 1 aromatic carbocycles. The number of nitrogens with zero attached hydrogens (tertiary/aromatic N) is 1. The lowest BCUT2D eigenvalue weighted by molar-refractivity contribution is 0.489. The zero-order chi connectivity index (χ0) is 19.4. The van der Waals surface area contributed by atoms with Gasteiger partial charge in [-0.2, -0.15) is 0 Å². The molecule has 5 N–H and O–H groups in total. The van der Waals surface area contributed by atoms with Gasteiger partial charge in [0.1, 0.15) is 0 Å². The van der Waals surface area contributed by atoms with Crippen LogP contribution in [0.3, 0.4) is 0 Å². The Balaban J connectivity index is 2.37. The lowest BCUT2D eigenvalue weighted by Crippen LogP contribution is -2.41. The van der Waals surface area contributed by atoms with Crippen LogP contribution in [0.4, 0.5) is 5.69 Å². The number of hydrogen-bond acceptors (Lipinski definition) is 4. The zero-order valence-electron chi connectivity index (χ0n) is 15.9. The third kappa shape index (κ3) is 7.64. The maximum Gasteiger partial charge on any atom is 0.266 e. The molecule has 0 bridgehead atoms. The van der Waals surface area contributed by atoms with Crippen molar-refractivity contribution in [2.75, 3.05) is 12.3 Å². The predicted molar refractivity (Wildman–Crippen MR) is 109 cm³/mol. The van der Waals surface area contributed by atoms with Crippen molar-refractivity contribution in [3.05, 3.63) is 24.3 Å². The first kappa shape index (κ1) is 22.3. The fraction of sp³-hybridized carbons (Fsp3) is 0.632. The highest BCUT2D eigenvalue weighted by Crippen LogP contribution is 2.18. The van der Waals surface area contributed by atoms with Gasteiger partial charge in [-0.05, 0) is 30.7 Å². The van der Waals surface area contributed by atoms with Crippen molar-refractivity contribution in [3.8, 4) is 0 Å². The molecule has 0 aliphatic carbocycles. The first-order chi connectivity index (χ1) is 12.4. The maximum absolute atomic E-state index is 12.6. The molecule has 0 atom stereocenters. The van der Waals surface area contributed by atoms with E-state index in [1.54, 1.807) is 0 Å². The van der Waals surface area contributed by atoms with Crippen LogP contribution in [0, 0.1) is 5.41 Å². The summed E-state index contributed by atoms with van der Waals surface area (Å²) < 4.78 is 26.3. The third-order valence-corrected chi connectivity index (χ3v) is 6.28. The summed E-state index contributed by atoms with van der Waals surface area (Å²) in [5.74, 6) is -0.447. The molecule has 0 aromatic heterocycles. The number of nitrogen functional groups attached to an aromatic ring is 1. The molecule has 0 spiro atoms. The summed E-state index contributed by atoms with van der Waals surface area (Å²) in [7, 11) is -3.80. The van der Waals surface area contributed by atoms with Crippen LogP contribution in [0.15, 0.2) is 29.2 Å². The zero-order valence-corrected chi connectivity index (χ0v) is 16.7. The molecule has 0 saturated carbocycles. The van der Waals surface area contributed by atoms with Crippen molar-refractivity contribution >= 4 is 21.7 Å². The topological polar surface area (TPSA) is 113 Å². The van der Waals surface area contributed by atoms with E-state index in [4.69, 9.17) is 16.9 Å². The van der Waals surface area contributed by atoms with Gasteiger partial charge in [0.15, 0.2) is 0 Å². The van der Waals surface area contributed by atoms with Gasteiger partial charge in [0, 0.05) is 12.2 Å². The van der Waals surface area contributed by atoms with E-state index in [1.807, 2.05) is 0 Å². The number of anilines is 1. The second kappa shape index (κ2) is 11.8. The summed E-state index contributed by atoms with van der Waals surface area (Å²) in [6, 6.07) is 5.95. The second-order valence-corrected chi connectivity index (χ2v) is 8.58. The minimum absolute atomic E-state index is 0.106. The number of hydrogen-bond donors (Lipinski definition) is 3. The number of benzene rings is 1. The number of nitrogens with two attached hydrogens (primary N) is 2. The highest BCUT2D eigenvalue weighted by Gasteiger charge is 2.25. The Hall–Kier alpha value is -1.76. The molecule has 148 valence electrons. The second-order valence-electron chi connectivity index (χ2n) is 6.71.